The number of hydrogen-bond donors (Lipinski definition) is 2. The summed E-state index contributed by atoms with van der Waals surface area (Å²) < 4.78 is 10.5. The lowest BCUT2D eigenvalue weighted by atomic mass is 9.46. The first-order valence-corrected chi connectivity index (χ1v) is 14.1. The van der Waals surface area contributed by atoms with Gasteiger partial charge in [0.25, 0.3) is 0 Å². The van der Waals surface area contributed by atoms with Crippen molar-refractivity contribution in [3.05, 3.63) is 22.1 Å². The smallest absolute Gasteiger partial charge is 0.427 e. The number of rotatable bonds is 6. The van der Waals surface area contributed by atoms with Gasteiger partial charge >= 0.3 is 12.1 Å². The number of nitrogens with zero attached hydrogens (tertiary/aromatic N) is 4. The number of ether oxygens (including phenoxy) is 2. The first-order valence-electron chi connectivity index (χ1n) is 14.1. The summed E-state index contributed by atoms with van der Waals surface area (Å²) in [6.45, 7) is 11.1. The van der Waals surface area contributed by atoms with Gasteiger partial charge in [-0.05, 0) is 86.5 Å². The Balaban J connectivity index is 1.73. The third-order valence-corrected chi connectivity index (χ3v) is 10.4. The molecule has 4 aliphatic carbocycles. The van der Waals surface area contributed by atoms with Crippen LogP contribution in [0.1, 0.15) is 86.5 Å². The summed E-state index contributed by atoms with van der Waals surface area (Å²) in [4.78, 5) is 39.3. The number of fused-ring (bicyclic) bond motifs is 5. The second kappa shape index (κ2) is 10.8. The molecule has 0 aromatic heterocycles. The van der Waals surface area contributed by atoms with Crippen LogP contribution >= 0.6 is 0 Å². The summed E-state index contributed by atoms with van der Waals surface area (Å²) in [6, 6.07) is -0.467. The third kappa shape index (κ3) is 4.79. The van der Waals surface area contributed by atoms with Gasteiger partial charge in [-0.3, -0.25) is 9.59 Å². The molecule has 4 rings (SSSR count). The highest BCUT2D eigenvalue weighted by atomic mass is 16.6. The maximum absolute atomic E-state index is 12.4. The number of nitrogens with one attached hydrogen (secondary N) is 2. The lowest BCUT2D eigenvalue weighted by Gasteiger charge is -2.59. The van der Waals surface area contributed by atoms with Gasteiger partial charge in [-0.1, -0.05) is 30.6 Å². The summed E-state index contributed by atoms with van der Waals surface area (Å²) >= 11 is 0. The second-order valence-electron chi connectivity index (χ2n) is 12.2. The number of hydrogen-bond acceptors (Lipinski definition) is 7. The molecule has 0 aliphatic heterocycles. The molecule has 2 amide bonds. The van der Waals surface area contributed by atoms with Crippen molar-refractivity contribution in [2.45, 2.75) is 104 Å². The zero-order valence-electron chi connectivity index (χ0n) is 24.0. The number of amides is 2. The van der Waals surface area contributed by atoms with Gasteiger partial charge in [0.15, 0.2) is 0 Å². The fraction of sp³-hybridized carbons (Fsp3) is 0.786. The maximum atomic E-state index is 12.4. The molecule has 0 spiro atoms. The Labute approximate surface area is 230 Å². The highest BCUT2D eigenvalue weighted by Gasteiger charge is 2.69. The van der Waals surface area contributed by atoms with Crippen LogP contribution in [0, 0.1) is 28.6 Å². The molecule has 0 aromatic rings. The minimum Gasteiger partial charge on any atom is -0.462 e. The summed E-state index contributed by atoms with van der Waals surface area (Å²) in [5.41, 5.74) is 12.5. The molecular formula is C28H42N6O5. The molecule has 0 heterocycles. The normalized spacial score (nSPS) is 39.1. The van der Waals surface area contributed by atoms with Crippen molar-refractivity contribution >= 4 is 23.7 Å². The summed E-state index contributed by atoms with van der Waals surface area (Å²) in [5, 5.41) is 11.9. The minimum absolute atomic E-state index is 0.0166. The van der Waals surface area contributed by atoms with E-state index in [1.54, 1.807) is 13.8 Å². The van der Waals surface area contributed by atoms with E-state index in [0.717, 1.165) is 38.5 Å². The van der Waals surface area contributed by atoms with Crippen LogP contribution in [0.3, 0.4) is 0 Å². The molecule has 2 N–H and O–H groups in total. The van der Waals surface area contributed by atoms with Crippen LogP contribution in [0.25, 0.3) is 10.4 Å². The fourth-order valence-electron chi connectivity index (χ4n) is 8.79. The molecule has 39 heavy (non-hydrogen) atoms. The van der Waals surface area contributed by atoms with Crippen molar-refractivity contribution in [3.8, 4) is 0 Å². The van der Waals surface area contributed by atoms with Gasteiger partial charge < -0.3 is 14.8 Å². The largest absolute Gasteiger partial charge is 0.462 e. The van der Waals surface area contributed by atoms with Crippen molar-refractivity contribution < 1.29 is 23.9 Å². The molecule has 11 nitrogen and oxygen atoms in total. The summed E-state index contributed by atoms with van der Waals surface area (Å²) in [7, 11) is 0. The van der Waals surface area contributed by atoms with Gasteiger partial charge in [-0.25, -0.2) is 10.2 Å². The van der Waals surface area contributed by atoms with Crippen molar-refractivity contribution in [1.82, 2.24) is 10.7 Å². The van der Waals surface area contributed by atoms with Gasteiger partial charge in [0.1, 0.15) is 11.6 Å². The van der Waals surface area contributed by atoms with Crippen LogP contribution in [-0.4, -0.2) is 48.0 Å². The Morgan fingerprint density at radius 2 is 1.90 bits per heavy atom. The number of carbonyl (C=O) groups is 3. The highest BCUT2D eigenvalue weighted by molar-refractivity contribution is 5.95. The van der Waals surface area contributed by atoms with Gasteiger partial charge in [-0.15, -0.1) is 0 Å². The van der Waals surface area contributed by atoms with Crippen LogP contribution < -0.4 is 10.7 Å². The van der Waals surface area contributed by atoms with E-state index in [4.69, 9.17) is 9.47 Å². The molecular weight excluding hydrogens is 500 g/mol. The Morgan fingerprint density at radius 1 is 1.15 bits per heavy atom. The molecule has 11 heteroatoms. The average Bonchev–Trinajstić information content (AvgIpc) is 3.11. The van der Waals surface area contributed by atoms with Gasteiger partial charge in [0, 0.05) is 36.9 Å². The van der Waals surface area contributed by atoms with E-state index in [-0.39, 0.29) is 35.9 Å². The monoisotopic (exact) mass is 542 g/mol. The predicted octanol–water partition coefficient (Wildman–Crippen LogP) is 5.17. The molecule has 8 atom stereocenters. The summed E-state index contributed by atoms with van der Waals surface area (Å²) in [5.74, 6) is 0.491. The second-order valence-corrected chi connectivity index (χ2v) is 12.2. The van der Waals surface area contributed by atoms with Crippen molar-refractivity contribution in [3.63, 3.8) is 0 Å². The quantitative estimate of drug-likeness (QED) is 0.0901. The van der Waals surface area contributed by atoms with E-state index in [0.29, 0.717) is 24.0 Å². The first-order chi connectivity index (χ1) is 18.4. The predicted molar refractivity (Wildman–Crippen MR) is 145 cm³/mol. The number of esters is 1. The number of allylic oxidation sites excluding steroid dienone is 1. The summed E-state index contributed by atoms with van der Waals surface area (Å²) in [6.07, 6.45) is 7.46. The number of azide groups is 1. The molecule has 3 unspecified atom stereocenters. The van der Waals surface area contributed by atoms with E-state index in [9.17, 15) is 19.9 Å². The van der Waals surface area contributed by atoms with Crippen molar-refractivity contribution in [2.24, 2.45) is 38.8 Å². The lowest BCUT2D eigenvalue weighted by Crippen LogP contribution is -2.61. The van der Waals surface area contributed by atoms with Crippen LogP contribution in [0.2, 0.25) is 0 Å². The van der Waals surface area contributed by atoms with E-state index >= 15 is 0 Å². The molecule has 0 radical (unpaired) electrons. The molecule has 0 bridgehead atoms. The van der Waals surface area contributed by atoms with Crippen LogP contribution in [0.5, 0.6) is 0 Å². The Bertz CT molecular complexity index is 1130. The average molecular weight is 543 g/mol. The van der Waals surface area contributed by atoms with Gasteiger partial charge in [0.05, 0.1) is 6.61 Å². The Hall–Kier alpha value is -3.07. The van der Waals surface area contributed by atoms with Crippen LogP contribution in [0.15, 0.2) is 21.9 Å². The first kappa shape index (κ1) is 28.9. The van der Waals surface area contributed by atoms with E-state index in [1.807, 2.05) is 0 Å². The lowest BCUT2D eigenvalue weighted by molar-refractivity contribution is -0.148. The molecule has 0 aromatic carbocycles. The standard InChI is InChI=1S/C28H42N6O5/c1-7-38-25(37)32-31-16(2)28(33-34-29)24(30-17(3)35)15-23-21-9-8-19-14-20(39-18(4)36)10-12-26(19,5)22(21)11-13-27(23,28)6/h8,20-24H,7,9-15H2,1-6H3,(H,30,35)(H,32,37)/t20-,21?,22?,23?,24+,26-,27-,28+/m0/s1. The van der Waals surface area contributed by atoms with Crippen molar-refractivity contribution in [1.29, 1.82) is 0 Å². The fourth-order valence-corrected chi connectivity index (χ4v) is 8.79. The van der Waals surface area contributed by atoms with Gasteiger partial charge in [0.2, 0.25) is 5.91 Å². The topological polar surface area (TPSA) is 155 Å². The number of hydrazone groups is 1. The SMILES string of the molecule is CCOC(=O)NN=C(C)[C@@]1(N=[N+]=[N-])[C@H](NC(C)=O)CC2C3CC=C4C[C@@H](OC(C)=O)CC[C@]4(C)C3CC[C@@]21C. The van der Waals surface area contributed by atoms with E-state index in [1.165, 1.54) is 19.4 Å². The van der Waals surface area contributed by atoms with E-state index < -0.39 is 23.1 Å². The Kier molecular flexibility index (Phi) is 8.03. The van der Waals surface area contributed by atoms with Crippen LogP contribution in [-0.2, 0) is 19.1 Å². The van der Waals surface area contributed by atoms with Gasteiger partial charge in [-0.2, -0.15) is 5.10 Å². The number of carbonyl (C=O) groups excluding carboxylic acids is 3. The molecule has 3 saturated carbocycles. The van der Waals surface area contributed by atoms with E-state index in [2.05, 4.69) is 45.8 Å². The molecule has 0 saturated heterocycles. The maximum Gasteiger partial charge on any atom is 0.427 e. The van der Waals surface area contributed by atoms with Crippen LogP contribution in [0.4, 0.5) is 4.79 Å². The third-order valence-electron chi connectivity index (χ3n) is 10.4. The molecule has 4 aliphatic rings. The molecule has 3 fully saturated rings. The Morgan fingerprint density at radius 3 is 2.54 bits per heavy atom. The molecule has 214 valence electrons. The zero-order chi connectivity index (χ0) is 28.6. The zero-order valence-corrected chi connectivity index (χ0v) is 24.0. The minimum atomic E-state index is -1.15. The highest BCUT2D eigenvalue weighted by Crippen LogP contribution is 2.68. The van der Waals surface area contributed by atoms with Crippen molar-refractivity contribution in [2.75, 3.05) is 6.61 Å².